The van der Waals surface area contributed by atoms with E-state index in [-0.39, 0.29) is 0 Å². The highest BCUT2D eigenvalue weighted by atomic mass is 16.5. The Hall–Kier alpha value is -0.610. The van der Waals surface area contributed by atoms with Gasteiger partial charge in [-0.25, -0.2) is 4.79 Å². The normalized spacial score (nSPS) is 26.2. The van der Waals surface area contributed by atoms with Gasteiger partial charge in [-0.1, -0.05) is 6.92 Å². The Morgan fingerprint density at radius 3 is 2.50 bits per heavy atom. The second-order valence-electron chi connectivity index (χ2n) is 5.47. The molecule has 1 N–H and O–H groups in total. The van der Waals surface area contributed by atoms with E-state index in [4.69, 9.17) is 9.84 Å². The van der Waals surface area contributed by atoms with Crippen LogP contribution in [0, 0.1) is 5.92 Å². The molecule has 0 aromatic heterocycles. The van der Waals surface area contributed by atoms with E-state index in [0.717, 1.165) is 12.5 Å². The molecule has 106 valence electrons. The lowest BCUT2D eigenvalue weighted by atomic mass is 9.87. The lowest BCUT2D eigenvalue weighted by Gasteiger charge is -2.34. The Labute approximate surface area is 110 Å². The highest BCUT2D eigenvalue weighted by Crippen LogP contribution is 2.26. The maximum Gasteiger partial charge on any atom is 0.332 e. The summed E-state index contributed by atoms with van der Waals surface area (Å²) in [6.45, 7) is 5.41. The van der Waals surface area contributed by atoms with Gasteiger partial charge in [0.2, 0.25) is 0 Å². The molecule has 0 aromatic rings. The average molecular weight is 257 g/mol. The molecule has 4 nitrogen and oxygen atoms in total. The zero-order valence-corrected chi connectivity index (χ0v) is 11.9. The van der Waals surface area contributed by atoms with Crippen molar-refractivity contribution in [1.29, 1.82) is 0 Å². The number of hydrogen-bond acceptors (Lipinski definition) is 3. The molecular weight excluding hydrogens is 230 g/mol. The first-order valence-corrected chi connectivity index (χ1v) is 7.09. The zero-order valence-electron chi connectivity index (χ0n) is 11.9. The van der Waals surface area contributed by atoms with Crippen LogP contribution in [0.2, 0.25) is 0 Å². The van der Waals surface area contributed by atoms with Crippen LogP contribution in [0.5, 0.6) is 0 Å². The molecule has 1 rings (SSSR count). The van der Waals surface area contributed by atoms with Gasteiger partial charge in [-0.15, -0.1) is 0 Å². The molecule has 1 aliphatic rings. The van der Waals surface area contributed by atoms with E-state index in [1.807, 2.05) is 6.92 Å². The molecule has 1 unspecified atom stereocenters. The summed E-state index contributed by atoms with van der Waals surface area (Å²) in [4.78, 5) is 13.3. The number of carbonyl (C=O) groups is 1. The summed E-state index contributed by atoms with van der Waals surface area (Å²) in [5.41, 5.74) is 0. The second kappa shape index (κ2) is 7.74. The predicted octanol–water partition coefficient (Wildman–Crippen LogP) is 2.38. The fourth-order valence-corrected chi connectivity index (χ4v) is 2.67. The van der Waals surface area contributed by atoms with Crippen LogP contribution < -0.4 is 0 Å². The van der Waals surface area contributed by atoms with Gasteiger partial charge in [0.25, 0.3) is 0 Å². The van der Waals surface area contributed by atoms with Gasteiger partial charge in [-0.3, -0.25) is 0 Å². The molecule has 4 heteroatoms. The number of carboxylic acids is 1. The minimum absolute atomic E-state index is 0.460. The summed E-state index contributed by atoms with van der Waals surface area (Å²) in [6, 6.07) is 0.622. The first-order chi connectivity index (χ1) is 8.54. The number of nitrogens with zero attached hydrogens (tertiary/aromatic N) is 1. The van der Waals surface area contributed by atoms with Crippen molar-refractivity contribution < 1.29 is 14.6 Å². The molecule has 1 saturated carbocycles. The summed E-state index contributed by atoms with van der Waals surface area (Å²) in [6.07, 6.45) is 4.99. The van der Waals surface area contributed by atoms with Gasteiger partial charge in [-0.05, 0) is 52.0 Å². The Morgan fingerprint density at radius 2 is 2.00 bits per heavy atom. The standard InChI is InChI=1S/C14H27NO3/c1-4-18-13(14(16)17)9-10-15(3)12-7-5-11(2)6-8-12/h11-13H,4-10H2,1-3H3,(H,16,17). The van der Waals surface area contributed by atoms with Crippen molar-refractivity contribution in [3.05, 3.63) is 0 Å². The second-order valence-corrected chi connectivity index (χ2v) is 5.47. The summed E-state index contributed by atoms with van der Waals surface area (Å²) in [5.74, 6) is 0.00681. The van der Waals surface area contributed by atoms with Gasteiger partial charge in [0.1, 0.15) is 0 Å². The lowest BCUT2D eigenvalue weighted by Crippen LogP contribution is -2.38. The summed E-state index contributed by atoms with van der Waals surface area (Å²) < 4.78 is 5.23. The van der Waals surface area contributed by atoms with Gasteiger partial charge >= 0.3 is 5.97 Å². The first kappa shape index (κ1) is 15.4. The molecule has 0 aliphatic heterocycles. The number of rotatable bonds is 7. The maximum absolute atomic E-state index is 11.0. The molecule has 0 bridgehead atoms. The van der Waals surface area contributed by atoms with Crippen molar-refractivity contribution in [3.63, 3.8) is 0 Å². The van der Waals surface area contributed by atoms with Crippen molar-refractivity contribution in [2.24, 2.45) is 5.92 Å². The van der Waals surface area contributed by atoms with E-state index >= 15 is 0 Å². The van der Waals surface area contributed by atoms with Crippen LogP contribution in [0.4, 0.5) is 0 Å². The maximum atomic E-state index is 11.0. The van der Waals surface area contributed by atoms with Crippen LogP contribution in [0.15, 0.2) is 0 Å². The van der Waals surface area contributed by atoms with E-state index < -0.39 is 12.1 Å². The van der Waals surface area contributed by atoms with Crippen LogP contribution in [0.25, 0.3) is 0 Å². The van der Waals surface area contributed by atoms with E-state index in [1.165, 1.54) is 25.7 Å². The minimum atomic E-state index is -0.845. The Balaban J connectivity index is 2.30. The Kier molecular flexibility index (Phi) is 6.65. The molecule has 1 fully saturated rings. The van der Waals surface area contributed by atoms with Gasteiger partial charge in [-0.2, -0.15) is 0 Å². The lowest BCUT2D eigenvalue weighted by molar-refractivity contribution is -0.150. The van der Waals surface area contributed by atoms with E-state index in [1.54, 1.807) is 0 Å². The van der Waals surface area contributed by atoms with Crippen LogP contribution in [0.3, 0.4) is 0 Å². The van der Waals surface area contributed by atoms with Gasteiger partial charge < -0.3 is 14.7 Å². The molecule has 0 amide bonds. The van der Waals surface area contributed by atoms with Crippen molar-refractivity contribution in [1.82, 2.24) is 4.90 Å². The summed E-state index contributed by atoms with van der Waals surface area (Å²) >= 11 is 0. The smallest absolute Gasteiger partial charge is 0.332 e. The molecule has 0 heterocycles. The van der Waals surface area contributed by atoms with Crippen LogP contribution >= 0.6 is 0 Å². The third-order valence-corrected chi connectivity index (χ3v) is 4.00. The molecule has 0 spiro atoms. The molecular formula is C14H27NO3. The van der Waals surface area contributed by atoms with E-state index in [9.17, 15) is 4.79 Å². The molecule has 1 aliphatic carbocycles. The number of ether oxygens (including phenoxy) is 1. The highest BCUT2D eigenvalue weighted by molar-refractivity contribution is 5.72. The van der Waals surface area contributed by atoms with Crippen LogP contribution in [-0.2, 0) is 9.53 Å². The monoisotopic (exact) mass is 257 g/mol. The quantitative estimate of drug-likeness (QED) is 0.760. The van der Waals surface area contributed by atoms with Gasteiger partial charge in [0, 0.05) is 19.2 Å². The average Bonchev–Trinajstić information content (AvgIpc) is 2.34. The van der Waals surface area contributed by atoms with E-state index in [2.05, 4.69) is 18.9 Å². The third kappa shape index (κ3) is 4.94. The van der Waals surface area contributed by atoms with E-state index in [0.29, 0.717) is 19.1 Å². The third-order valence-electron chi connectivity index (χ3n) is 4.00. The van der Waals surface area contributed by atoms with Crippen molar-refractivity contribution in [2.75, 3.05) is 20.2 Å². The Morgan fingerprint density at radius 1 is 1.39 bits per heavy atom. The van der Waals surface area contributed by atoms with Crippen molar-refractivity contribution in [3.8, 4) is 0 Å². The molecule has 0 aromatic carbocycles. The Bertz CT molecular complexity index is 249. The summed E-state index contributed by atoms with van der Waals surface area (Å²) in [5, 5.41) is 9.02. The molecule has 0 saturated heterocycles. The van der Waals surface area contributed by atoms with Crippen molar-refractivity contribution in [2.45, 2.75) is 58.1 Å². The largest absolute Gasteiger partial charge is 0.479 e. The van der Waals surface area contributed by atoms with Crippen molar-refractivity contribution >= 4 is 5.97 Å². The fraction of sp³-hybridized carbons (Fsp3) is 0.929. The van der Waals surface area contributed by atoms with Crippen LogP contribution in [0.1, 0.15) is 46.0 Å². The highest BCUT2D eigenvalue weighted by Gasteiger charge is 2.23. The number of carboxylic acid groups (broad SMARTS) is 1. The van der Waals surface area contributed by atoms with Gasteiger partial charge in [0.05, 0.1) is 0 Å². The summed E-state index contributed by atoms with van der Waals surface area (Å²) in [7, 11) is 2.10. The SMILES string of the molecule is CCOC(CCN(C)C1CCC(C)CC1)C(=O)O. The molecule has 0 radical (unpaired) electrons. The zero-order chi connectivity index (χ0) is 13.5. The predicted molar refractivity (Wildman–Crippen MR) is 71.7 cm³/mol. The number of hydrogen-bond donors (Lipinski definition) is 1. The minimum Gasteiger partial charge on any atom is -0.479 e. The number of aliphatic carboxylic acids is 1. The fourth-order valence-electron chi connectivity index (χ4n) is 2.67. The van der Waals surface area contributed by atoms with Crippen LogP contribution in [-0.4, -0.2) is 48.3 Å². The molecule has 1 atom stereocenters. The van der Waals surface area contributed by atoms with Gasteiger partial charge in [0.15, 0.2) is 6.10 Å². The first-order valence-electron chi connectivity index (χ1n) is 7.09. The molecule has 18 heavy (non-hydrogen) atoms. The topological polar surface area (TPSA) is 49.8 Å².